The van der Waals surface area contributed by atoms with Gasteiger partial charge in [0.2, 0.25) is 0 Å². The predicted molar refractivity (Wildman–Crippen MR) is 74.3 cm³/mol. The zero-order chi connectivity index (χ0) is 12.6. The van der Waals surface area contributed by atoms with Gasteiger partial charge in [-0.15, -0.1) is 0 Å². The Bertz CT molecular complexity index is 462. The Balaban J connectivity index is 2.27. The quantitative estimate of drug-likeness (QED) is 0.861. The van der Waals surface area contributed by atoms with Crippen LogP contribution in [-0.4, -0.2) is 21.3 Å². The molecule has 0 amide bonds. The number of hydrogen-bond acceptors (Lipinski definition) is 2. The normalized spacial score (nSPS) is 28.0. The molecule has 0 saturated carbocycles. The summed E-state index contributed by atoms with van der Waals surface area (Å²) in [6, 6.07) is 5.64. The molecule has 1 aromatic carbocycles. The maximum absolute atomic E-state index is 11.8. The summed E-state index contributed by atoms with van der Waals surface area (Å²) in [7, 11) is -0.791. The Morgan fingerprint density at radius 3 is 2.65 bits per heavy atom. The van der Waals surface area contributed by atoms with Crippen molar-refractivity contribution in [1.82, 2.24) is 5.32 Å². The molecule has 2 rings (SSSR count). The van der Waals surface area contributed by atoms with Gasteiger partial charge in [0.05, 0.1) is 10.0 Å². The lowest BCUT2D eigenvalue weighted by Gasteiger charge is -2.36. The Kier molecular flexibility index (Phi) is 3.83. The number of rotatable bonds is 1. The van der Waals surface area contributed by atoms with Crippen LogP contribution in [0.25, 0.3) is 0 Å². The van der Waals surface area contributed by atoms with E-state index in [1.807, 2.05) is 12.1 Å². The molecule has 17 heavy (non-hydrogen) atoms. The van der Waals surface area contributed by atoms with Crippen molar-refractivity contribution < 1.29 is 4.21 Å². The minimum atomic E-state index is -0.791. The minimum Gasteiger partial charge on any atom is -0.303 e. The second-order valence-electron chi connectivity index (χ2n) is 5.01. The summed E-state index contributed by atoms with van der Waals surface area (Å²) < 4.78 is 11.8. The Hall–Kier alpha value is -0.0900. The monoisotopic (exact) mass is 291 g/mol. The van der Waals surface area contributed by atoms with Crippen LogP contribution in [0.4, 0.5) is 0 Å². The van der Waals surface area contributed by atoms with E-state index in [1.54, 1.807) is 6.07 Å². The largest absolute Gasteiger partial charge is 0.303 e. The molecule has 1 heterocycles. The van der Waals surface area contributed by atoms with Crippen molar-refractivity contribution in [2.45, 2.75) is 25.4 Å². The minimum absolute atomic E-state index is 0.0781. The van der Waals surface area contributed by atoms with E-state index < -0.39 is 10.8 Å². The topological polar surface area (TPSA) is 29.1 Å². The maximum atomic E-state index is 11.8. The first-order chi connectivity index (χ1) is 7.87. The number of benzene rings is 1. The van der Waals surface area contributed by atoms with Gasteiger partial charge >= 0.3 is 0 Å². The fourth-order valence-electron chi connectivity index (χ4n) is 2.11. The summed E-state index contributed by atoms with van der Waals surface area (Å²) in [6.07, 6.45) is 0. The average Bonchev–Trinajstić information content (AvgIpc) is 2.19. The van der Waals surface area contributed by atoms with Crippen LogP contribution >= 0.6 is 23.2 Å². The van der Waals surface area contributed by atoms with Gasteiger partial charge in [-0.05, 0) is 31.5 Å². The third kappa shape index (κ3) is 3.22. The third-order valence-electron chi connectivity index (χ3n) is 2.79. The maximum Gasteiger partial charge on any atom is 0.0595 e. The lowest BCUT2D eigenvalue weighted by Crippen LogP contribution is -2.52. The van der Waals surface area contributed by atoms with Crippen molar-refractivity contribution in [1.29, 1.82) is 0 Å². The molecule has 1 saturated heterocycles. The van der Waals surface area contributed by atoms with Gasteiger partial charge in [-0.3, -0.25) is 4.21 Å². The molecule has 1 aliphatic heterocycles. The highest BCUT2D eigenvalue weighted by molar-refractivity contribution is 7.85. The van der Waals surface area contributed by atoms with E-state index in [4.69, 9.17) is 23.2 Å². The van der Waals surface area contributed by atoms with Gasteiger partial charge in [0.15, 0.2) is 0 Å². The van der Waals surface area contributed by atoms with Crippen LogP contribution in [0.3, 0.4) is 0 Å². The zero-order valence-electron chi connectivity index (χ0n) is 9.80. The van der Waals surface area contributed by atoms with Crippen LogP contribution in [0.2, 0.25) is 10.0 Å². The second-order valence-corrected chi connectivity index (χ2v) is 7.32. The van der Waals surface area contributed by atoms with E-state index in [2.05, 4.69) is 19.2 Å². The highest BCUT2D eigenvalue weighted by atomic mass is 35.5. The third-order valence-corrected chi connectivity index (χ3v) is 5.27. The average molecular weight is 292 g/mol. The van der Waals surface area contributed by atoms with Crippen LogP contribution in [0.5, 0.6) is 0 Å². The highest BCUT2D eigenvalue weighted by Crippen LogP contribution is 2.29. The molecule has 1 aromatic rings. The van der Waals surface area contributed by atoms with Gasteiger partial charge in [-0.1, -0.05) is 29.3 Å². The molecule has 5 heteroatoms. The molecule has 2 atom stereocenters. The number of halogens is 2. The van der Waals surface area contributed by atoms with Crippen LogP contribution in [0.1, 0.15) is 25.5 Å². The molecule has 0 aromatic heterocycles. The van der Waals surface area contributed by atoms with Gasteiger partial charge in [0, 0.05) is 33.9 Å². The smallest absolute Gasteiger partial charge is 0.0595 e. The Labute approximate surface area is 114 Å². The molecular formula is C12H15Cl2NOS. The van der Waals surface area contributed by atoms with E-state index in [0.29, 0.717) is 21.6 Å². The second kappa shape index (κ2) is 4.88. The molecule has 1 fully saturated rings. The summed E-state index contributed by atoms with van der Waals surface area (Å²) >= 11 is 11.9. The molecular weight excluding hydrogens is 277 g/mol. The molecule has 1 N–H and O–H groups in total. The lowest BCUT2D eigenvalue weighted by molar-refractivity contribution is 0.369. The summed E-state index contributed by atoms with van der Waals surface area (Å²) in [5.74, 6) is 1.31. The van der Waals surface area contributed by atoms with Crippen LogP contribution < -0.4 is 5.32 Å². The molecule has 2 unspecified atom stereocenters. The van der Waals surface area contributed by atoms with Crippen LogP contribution in [0.15, 0.2) is 18.2 Å². The first-order valence-corrected chi connectivity index (χ1v) is 7.69. The van der Waals surface area contributed by atoms with Crippen molar-refractivity contribution in [3.63, 3.8) is 0 Å². The molecule has 2 nitrogen and oxygen atoms in total. The predicted octanol–water partition coefficient (Wildman–Crippen LogP) is 3.17. The van der Waals surface area contributed by atoms with Gasteiger partial charge in [-0.2, -0.15) is 0 Å². The fourth-order valence-corrected chi connectivity index (χ4v) is 4.07. The van der Waals surface area contributed by atoms with Crippen molar-refractivity contribution in [2.24, 2.45) is 0 Å². The lowest BCUT2D eigenvalue weighted by atomic mass is 10.0. The van der Waals surface area contributed by atoms with E-state index in [0.717, 1.165) is 5.56 Å². The van der Waals surface area contributed by atoms with Gasteiger partial charge in [0.25, 0.3) is 0 Å². The SMILES string of the molecule is CC1(C)CS(=O)CC(c2ccc(Cl)c(Cl)c2)N1. The van der Waals surface area contributed by atoms with Crippen molar-refractivity contribution in [3.05, 3.63) is 33.8 Å². The van der Waals surface area contributed by atoms with E-state index in [-0.39, 0.29) is 11.6 Å². The molecule has 0 bridgehead atoms. The van der Waals surface area contributed by atoms with E-state index in [1.165, 1.54) is 0 Å². The van der Waals surface area contributed by atoms with Gasteiger partial charge in [-0.25, -0.2) is 0 Å². The Morgan fingerprint density at radius 1 is 1.35 bits per heavy atom. The summed E-state index contributed by atoms with van der Waals surface area (Å²) in [5, 5.41) is 4.58. The fraction of sp³-hybridized carbons (Fsp3) is 0.500. The first-order valence-electron chi connectivity index (χ1n) is 5.45. The van der Waals surface area contributed by atoms with Crippen LogP contribution in [0, 0.1) is 0 Å². The molecule has 94 valence electrons. The van der Waals surface area contributed by atoms with Crippen molar-refractivity contribution in [3.8, 4) is 0 Å². The standard InChI is InChI=1S/C12H15Cl2NOS/c1-12(2)7-17(16)6-11(15-12)8-3-4-9(13)10(14)5-8/h3-5,11,15H,6-7H2,1-2H3. The van der Waals surface area contributed by atoms with Gasteiger partial charge in [0.1, 0.15) is 0 Å². The molecule has 0 aliphatic carbocycles. The Morgan fingerprint density at radius 2 is 2.06 bits per heavy atom. The number of nitrogens with one attached hydrogen (secondary N) is 1. The van der Waals surface area contributed by atoms with Crippen molar-refractivity contribution >= 4 is 34.0 Å². The first kappa shape index (κ1) is 13.3. The molecule has 0 spiro atoms. The number of hydrogen-bond donors (Lipinski definition) is 1. The summed E-state index contributed by atoms with van der Waals surface area (Å²) in [5.41, 5.74) is 0.931. The highest BCUT2D eigenvalue weighted by Gasteiger charge is 2.32. The van der Waals surface area contributed by atoms with E-state index in [9.17, 15) is 4.21 Å². The zero-order valence-corrected chi connectivity index (χ0v) is 12.1. The molecule has 1 aliphatic rings. The van der Waals surface area contributed by atoms with E-state index >= 15 is 0 Å². The van der Waals surface area contributed by atoms with Gasteiger partial charge < -0.3 is 5.32 Å². The molecule has 0 radical (unpaired) electrons. The van der Waals surface area contributed by atoms with Crippen molar-refractivity contribution in [2.75, 3.05) is 11.5 Å². The summed E-state index contributed by atoms with van der Waals surface area (Å²) in [4.78, 5) is 0. The van der Waals surface area contributed by atoms with Crippen LogP contribution in [-0.2, 0) is 10.8 Å². The summed E-state index contributed by atoms with van der Waals surface area (Å²) in [6.45, 7) is 4.13.